The maximum atomic E-state index is 13.4. The van der Waals surface area contributed by atoms with Crippen LogP contribution in [0.1, 0.15) is 30.9 Å². The second kappa shape index (κ2) is 5.18. The molecular formula is C17H17F. The summed E-state index contributed by atoms with van der Waals surface area (Å²) in [5.74, 6) is 0.247. The summed E-state index contributed by atoms with van der Waals surface area (Å²) in [6, 6.07) is 13.0. The maximum Gasteiger partial charge on any atom is 0.123 e. The van der Waals surface area contributed by atoms with Crippen LogP contribution in [0.3, 0.4) is 0 Å². The summed E-state index contributed by atoms with van der Waals surface area (Å²) in [6.45, 7) is 8.09. The van der Waals surface area contributed by atoms with E-state index in [9.17, 15) is 4.39 Å². The molecule has 0 nitrogen and oxygen atoms in total. The average molecular weight is 240 g/mol. The summed E-state index contributed by atoms with van der Waals surface area (Å²) in [4.78, 5) is 0. The average Bonchev–Trinajstić information content (AvgIpc) is 2.39. The number of hydrogen-bond donors (Lipinski definition) is 0. The molecule has 0 radical (unpaired) electrons. The van der Waals surface area contributed by atoms with E-state index >= 15 is 0 Å². The standard InChI is InChI=1S/C17H17F/c1-4-13-8-9-16(18)11-17(13)15-7-5-6-14(10-15)12(2)3/h4-12H,1H2,2-3H3. The Bertz CT molecular complexity index is 568. The highest BCUT2D eigenvalue weighted by atomic mass is 19.1. The first kappa shape index (κ1) is 12.6. The third-order valence-corrected chi connectivity index (χ3v) is 3.10. The maximum absolute atomic E-state index is 13.4. The summed E-state index contributed by atoms with van der Waals surface area (Å²) < 4.78 is 13.4. The van der Waals surface area contributed by atoms with Gasteiger partial charge in [0.15, 0.2) is 0 Å². The van der Waals surface area contributed by atoms with E-state index in [0.717, 1.165) is 16.7 Å². The minimum absolute atomic E-state index is 0.217. The first-order valence-electron chi connectivity index (χ1n) is 6.14. The molecule has 2 aromatic rings. The van der Waals surface area contributed by atoms with Gasteiger partial charge in [-0.05, 0) is 40.3 Å². The number of rotatable bonds is 3. The van der Waals surface area contributed by atoms with Crippen molar-refractivity contribution in [1.82, 2.24) is 0 Å². The van der Waals surface area contributed by atoms with Crippen LogP contribution in [0, 0.1) is 5.82 Å². The lowest BCUT2D eigenvalue weighted by Crippen LogP contribution is -1.90. The highest BCUT2D eigenvalue weighted by molar-refractivity contribution is 5.75. The monoisotopic (exact) mass is 240 g/mol. The van der Waals surface area contributed by atoms with Crippen molar-refractivity contribution in [3.63, 3.8) is 0 Å². The van der Waals surface area contributed by atoms with Crippen LogP contribution in [0.4, 0.5) is 4.39 Å². The first-order chi connectivity index (χ1) is 8.61. The fraction of sp³-hybridized carbons (Fsp3) is 0.176. The van der Waals surface area contributed by atoms with Crippen molar-refractivity contribution in [3.05, 3.63) is 66.0 Å². The van der Waals surface area contributed by atoms with Crippen LogP contribution in [-0.2, 0) is 0 Å². The topological polar surface area (TPSA) is 0 Å². The summed E-state index contributed by atoms with van der Waals surface area (Å²) in [7, 11) is 0. The van der Waals surface area contributed by atoms with Gasteiger partial charge in [0.25, 0.3) is 0 Å². The highest BCUT2D eigenvalue weighted by Crippen LogP contribution is 2.28. The molecule has 1 heteroatoms. The smallest absolute Gasteiger partial charge is 0.123 e. The van der Waals surface area contributed by atoms with Gasteiger partial charge in [0.2, 0.25) is 0 Å². The predicted molar refractivity (Wildman–Crippen MR) is 76.0 cm³/mol. The van der Waals surface area contributed by atoms with E-state index in [2.05, 4.69) is 32.6 Å². The van der Waals surface area contributed by atoms with Crippen molar-refractivity contribution >= 4 is 6.08 Å². The molecule has 0 amide bonds. The van der Waals surface area contributed by atoms with Crippen molar-refractivity contribution in [2.24, 2.45) is 0 Å². The first-order valence-corrected chi connectivity index (χ1v) is 6.14. The summed E-state index contributed by atoms with van der Waals surface area (Å²) >= 11 is 0. The molecule has 0 spiro atoms. The van der Waals surface area contributed by atoms with Crippen molar-refractivity contribution in [2.45, 2.75) is 19.8 Å². The van der Waals surface area contributed by atoms with Crippen LogP contribution in [0.5, 0.6) is 0 Å². The van der Waals surface area contributed by atoms with Gasteiger partial charge >= 0.3 is 0 Å². The number of hydrogen-bond acceptors (Lipinski definition) is 0. The molecule has 0 aromatic heterocycles. The van der Waals surface area contributed by atoms with Gasteiger partial charge in [-0.15, -0.1) is 0 Å². The zero-order valence-electron chi connectivity index (χ0n) is 10.8. The van der Waals surface area contributed by atoms with Crippen molar-refractivity contribution < 1.29 is 4.39 Å². The Morgan fingerprint density at radius 2 is 1.89 bits per heavy atom. The van der Waals surface area contributed by atoms with Gasteiger partial charge in [0, 0.05) is 0 Å². The summed E-state index contributed by atoms with van der Waals surface area (Å²) in [5, 5.41) is 0. The molecule has 0 atom stereocenters. The minimum Gasteiger partial charge on any atom is -0.207 e. The lowest BCUT2D eigenvalue weighted by Gasteiger charge is -2.10. The van der Waals surface area contributed by atoms with Crippen LogP contribution >= 0.6 is 0 Å². The molecule has 0 heterocycles. The van der Waals surface area contributed by atoms with Crippen LogP contribution in [0.2, 0.25) is 0 Å². The molecule has 0 saturated carbocycles. The minimum atomic E-state index is -0.217. The van der Waals surface area contributed by atoms with E-state index in [1.807, 2.05) is 12.1 Å². The van der Waals surface area contributed by atoms with Gasteiger partial charge in [-0.25, -0.2) is 4.39 Å². The fourth-order valence-electron chi connectivity index (χ4n) is 2.02. The Hall–Kier alpha value is -1.89. The second-order valence-electron chi connectivity index (χ2n) is 4.72. The molecule has 18 heavy (non-hydrogen) atoms. The molecule has 92 valence electrons. The van der Waals surface area contributed by atoms with E-state index < -0.39 is 0 Å². The third kappa shape index (κ3) is 2.51. The molecular weight excluding hydrogens is 223 g/mol. The zero-order valence-corrected chi connectivity index (χ0v) is 10.8. The van der Waals surface area contributed by atoms with Crippen molar-refractivity contribution in [1.29, 1.82) is 0 Å². The Labute approximate surface area is 108 Å². The molecule has 2 aromatic carbocycles. The number of benzene rings is 2. The van der Waals surface area contributed by atoms with E-state index in [1.165, 1.54) is 11.6 Å². The van der Waals surface area contributed by atoms with Crippen molar-refractivity contribution in [3.8, 4) is 11.1 Å². The zero-order chi connectivity index (χ0) is 13.1. The molecule has 0 unspecified atom stereocenters. The van der Waals surface area contributed by atoms with Gasteiger partial charge in [-0.2, -0.15) is 0 Å². The molecule has 0 N–H and O–H groups in total. The normalized spacial score (nSPS) is 10.7. The fourth-order valence-corrected chi connectivity index (χ4v) is 2.02. The van der Waals surface area contributed by atoms with Crippen LogP contribution in [0.25, 0.3) is 17.2 Å². The molecule has 0 aliphatic carbocycles. The molecule has 0 aliphatic rings. The lowest BCUT2D eigenvalue weighted by atomic mass is 9.95. The summed E-state index contributed by atoms with van der Waals surface area (Å²) in [5.41, 5.74) is 4.15. The van der Waals surface area contributed by atoms with Crippen LogP contribution in [0.15, 0.2) is 49.0 Å². The Morgan fingerprint density at radius 1 is 1.11 bits per heavy atom. The summed E-state index contributed by atoms with van der Waals surface area (Å²) in [6.07, 6.45) is 1.76. The molecule has 0 saturated heterocycles. The Morgan fingerprint density at radius 3 is 2.56 bits per heavy atom. The second-order valence-corrected chi connectivity index (χ2v) is 4.72. The molecule has 0 aliphatic heterocycles. The van der Waals surface area contributed by atoms with Crippen LogP contribution < -0.4 is 0 Å². The third-order valence-electron chi connectivity index (χ3n) is 3.10. The van der Waals surface area contributed by atoms with Gasteiger partial charge in [0.05, 0.1) is 0 Å². The van der Waals surface area contributed by atoms with Crippen molar-refractivity contribution in [2.75, 3.05) is 0 Å². The molecule has 0 bridgehead atoms. The highest BCUT2D eigenvalue weighted by Gasteiger charge is 2.06. The predicted octanol–water partition coefficient (Wildman–Crippen LogP) is 5.26. The largest absolute Gasteiger partial charge is 0.207 e. The van der Waals surface area contributed by atoms with E-state index in [1.54, 1.807) is 18.2 Å². The van der Waals surface area contributed by atoms with Gasteiger partial charge in [-0.1, -0.05) is 56.8 Å². The molecule has 2 rings (SSSR count). The van der Waals surface area contributed by atoms with Gasteiger partial charge in [0.1, 0.15) is 5.82 Å². The molecule has 0 fully saturated rings. The van der Waals surface area contributed by atoms with Gasteiger partial charge < -0.3 is 0 Å². The van der Waals surface area contributed by atoms with E-state index in [-0.39, 0.29) is 5.82 Å². The van der Waals surface area contributed by atoms with Crippen LogP contribution in [-0.4, -0.2) is 0 Å². The lowest BCUT2D eigenvalue weighted by molar-refractivity contribution is 0.628. The van der Waals surface area contributed by atoms with Gasteiger partial charge in [-0.3, -0.25) is 0 Å². The Kier molecular flexibility index (Phi) is 3.61. The van der Waals surface area contributed by atoms with E-state index in [4.69, 9.17) is 0 Å². The Balaban J connectivity index is 2.57. The van der Waals surface area contributed by atoms with E-state index in [0.29, 0.717) is 5.92 Å². The number of halogens is 1. The SMILES string of the molecule is C=Cc1ccc(F)cc1-c1cccc(C(C)C)c1. The quantitative estimate of drug-likeness (QED) is 0.686.